The highest BCUT2D eigenvalue weighted by Gasteiger charge is 2.14. The van der Waals surface area contributed by atoms with Gasteiger partial charge in [0.1, 0.15) is 0 Å². The number of hydrogen-bond acceptors (Lipinski definition) is 3. The van der Waals surface area contributed by atoms with E-state index in [9.17, 15) is 0 Å². The predicted molar refractivity (Wildman–Crippen MR) is 80.5 cm³/mol. The van der Waals surface area contributed by atoms with E-state index in [1.54, 1.807) is 0 Å². The molecule has 0 fully saturated rings. The van der Waals surface area contributed by atoms with Crippen LogP contribution in [0.1, 0.15) is 29.3 Å². The zero-order chi connectivity index (χ0) is 13.8. The van der Waals surface area contributed by atoms with E-state index < -0.39 is 0 Å². The van der Waals surface area contributed by atoms with E-state index in [-0.39, 0.29) is 6.04 Å². The average molecular weight is 323 g/mol. The minimum Gasteiger partial charge on any atom is -0.273 e. The maximum atomic E-state index is 5.71. The van der Waals surface area contributed by atoms with Crippen molar-refractivity contribution in [2.24, 2.45) is 12.9 Å². The minimum atomic E-state index is 0.129. The molecule has 102 valence electrons. The van der Waals surface area contributed by atoms with Gasteiger partial charge in [-0.1, -0.05) is 34.1 Å². The molecule has 5 heteroatoms. The molecule has 0 saturated heterocycles. The van der Waals surface area contributed by atoms with Gasteiger partial charge in [0.2, 0.25) is 0 Å². The molecular formula is C14H19BrN4. The SMILES string of the molecule is Cc1cccc(C(CCc2ccnn2C)NN)c1Br. The van der Waals surface area contributed by atoms with Crippen molar-refractivity contribution in [1.29, 1.82) is 0 Å². The third-order valence-electron chi connectivity index (χ3n) is 3.41. The molecule has 0 bridgehead atoms. The van der Waals surface area contributed by atoms with E-state index in [0.717, 1.165) is 17.3 Å². The van der Waals surface area contributed by atoms with Crippen LogP contribution >= 0.6 is 15.9 Å². The van der Waals surface area contributed by atoms with Crippen molar-refractivity contribution in [3.63, 3.8) is 0 Å². The number of aromatic nitrogens is 2. The summed E-state index contributed by atoms with van der Waals surface area (Å²) in [5.74, 6) is 5.71. The van der Waals surface area contributed by atoms with Crippen LogP contribution in [-0.2, 0) is 13.5 Å². The summed E-state index contributed by atoms with van der Waals surface area (Å²) in [6.07, 6.45) is 3.69. The van der Waals surface area contributed by atoms with Crippen LogP contribution in [0.15, 0.2) is 34.9 Å². The molecule has 1 atom stereocenters. The van der Waals surface area contributed by atoms with Gasteiger partial charge in [-0.3, -0.25) is 16.0 Å². The molecule has 19 heavy (non-hydrogen) atoms. The number of halogens is 1. The van der Waals surface area contributed by atoms with E-state index in [1.165, 1.54) is 16.8 Å². The highest BCUT2D eigenvalue weighted by molar-refractivity contribution is 9.10. The van der Waals surface area contributed by atoms with Gasteiger partial charge in [0, 0.05) is 29.5 Å². The first-order chi connectivity index (χ1) is 9.13. The van der Waals surface area contributed by atoms with Gasteiger partial charge in [0.25, 0.3) is 0 Å². The number of nitrogens with two attached hydrogens (primary N) is 1. The third-order valence-corrected chi connectivity index (χ3v) is 4.49. The van der Waals surface area contributed by atoms with Crippen LogP contribution in [0.3, 0.4) is 0 Å². The predicted octanol–water partition coefficient (Wildman–Crippen LogP) is 2.63. The lowest BCUT2D eigenvalue weighted by molar-refractivity contribution is 0.505. The van der Waals surface area contributed by atoms with Gasteiger partial charge < -0.3 is 0 Å². The van der Waals surface area contributed by atoms with Crippen molar-refractivity contribution in [1.82, 2.24) is 15.2 Å². The fourth-order valence-electron chi connectivity index (χ4n) is 2.21. The second-order valence-corrected chi connectivity index (χ2v) is 5.48. The largest absolute Gasteiger partial charge is 0.273 e. The van der Waals surface area contributed by atoms with Crippen molar-refractivity contribution in [3.8, 4) is 0 Å². The molecule has 0 spiro atoms. The van der Waals surface area contributed by atoms with Crippen molar-refractivity contribution < 1.29 is 0 Å². The first kappa shape index (κ1) is 14.2. The Morgan fingerprint density at radius 2 is 2.21 bits per heavy atom. The summed E-state index contributed by atoms with van der Waals surface area (Å²) >= 11 is 3.64. The molecule has 4 nitrogen and oxygen atoms in total. The van der Waals surface area contributed by atoms with Gasteiger partial charge in [-0.2, -0.15) is 5.10 Å². The molecule has 2 rings (SSSR count). The summed E-state index contributed by atoms with van der Waals surface area (Å²) in [4.78, 5) is 0. The van der Waals surface area contributed by atoms with Crippen LogP contribution in [-0.4, -0.2) is 9.78 Å². The molecule has 2 aromatic rings. The summed E-state index contributed by atoms with van der Waals surface area (Å²) in [6.45, 7) is 2.09. The second kappa shape index (κ2) is 6.32. The molecule has 0 amide bonds. The van der Waals surface area contributed by atoms with Crippen LogP contribution in [0, 0.1) is 6.92 Å². The number of aryl methyl sites for hydroxylation is 3. The van der Waals surface area contributed by atoms with Gasteiger partial charge in [-0.05, 0) is 37.0 Å². The molecule has 0 aliphatic carbocycles. The number of nitrogens with one attached hydrogen (secondary N) is 1. The summed E-state index contributed by atoms with van der Waals surface area (Å²) in [6, 6.07) is 8.42. The lowest BCUT2D eigenvalue weighted by Crippen LogP contribution is -2.29. The number of hydrogen-bond donors (Lipinski definition) is 2. The molecule has 1 aromatic heterocycles. The molecule has 1 aromatic carbocycles. The smallest absolute Gasteiger partial charge is 0.0492 e. The maximum absolute atomic E-state index is 5.71. The van der Waals surface area contributed by atoms with E-state index in [4.69, 9.17) is 5.84 Å². The number of hydrazine groups is 1. The van der Waals surface area contributed by atoms with Crippen molar-refractivity contribution in [2.75, 3.05) is 0 Å². The van der Waals surface area contributed by atoms with Crippen LogP contribution in [0.2, 0.25) is 0 Å². The van der Waals surface area contributed by atoms with E-state index >= 15 is 0 Å². The Labute approximate surface area is 122 Å². The normalized spacial score (nSPS) is 12.6. The lowest BCUT2D eigenvalue weighted by atomic mass is 10.00. The summed E-state index contributed by atoms with van der Waals surface area (Å²) in [5.41, 5.74) is 6.54. The summed E-state index contributed by atoms with van der Waals surface area (Å²) in [7, 11) is 1.96. The Hall–Kier alpha value is -1.17. The fraction of sp³-hybridized carbons (Fsp3) is 0.357. The van der Waals surface area contributed by atoms with E-state index in [0.29, 0.717) is 0 Å². The summed E-state index contributed by atoms with van der Waals surface area (Å²) in [5, 5.41) is 4.18. The minimum absolute atomic E-state index is 0.129. The van der Waals surface area contributed by atoms with E-state index in [1.807, 2.05) is 24.0 Å². The van der Waals surface area contributed by atoms with Gasteiger partial charge in [-0.25, -0.2) is 0 Å². The molecule has 0 saturated carbocycles. The first-order valence-corrected chi connectivity index (χ1v) is 7.10. The van der Waals surface area contributed by atoms with Crippen LogP contribution in [0.4, 0.5) is 0 Å². The Kier molecular flexibility index (Phi) is 4.74. The monoisotopic (exact) mass is 322 g/mol. The number of benzene rings is 1. The van der Waals surface area contributed by atoms with Crippen LogP contribution in [0.5, 0.6) is 0 Å². The molecular weight excluding hydrogens is 304 g/mol. The quantitative estimate of drug-likeness (QED) is 0.657. The lowest BCUT2D eigenvalue weighted by Gasteiger charge is -2.18. The topological polar surface area (TPSA) is 55.9 Å². The van der Waals surface area contributed by atoms with Gasteiger partial charge in [-0.15, -0.1) is 0 Å². The Balaban J connectivity index is 2.12. The second-order valence-electron chi connectivity index (χ2n) is 4.68. The number of rotatable bonds is 5. The Morgan fingerprint density at radius 1 is 1.42 bits per heavy atom. The maximum Gasteiger partial charge on any atom is 0.0492 e. The Bertz CT molecular complexity index is 550. The standard InChI is InChI=1S/C14H19BrN4/c1-10-4-3-5-12(14(10)15)13(18-16)7-6-11-8-9-17-19(11)2/h3-5,8-9,13,18H,6-7,16H2,1-2H3. The molecule has 0 aliphatic rings. The first-order valence-electron chi connectivity index (χ1n) is 6.31. The van der Waals surface area contributed by atoms with Crippen LogP contribution in [0.25, 0.3) is 0 Å². The van der Waals surface area contributed by atoms with Crippen molar-refractivity contribution in [2.45, 2.75) is 25.8 Å². The van der Waals surface area contributed by atoms with Gasteiger partial charge in [0.05, 0.1) is 0 Å². The highest BCUT2D eigenvalue weighted by Crippen LogP contribution is 2.28. The third kappa shape index (κ3) is 3.23. The zero-order valence-corrected chi connectivity index (χ0v) is 12.8. The van der Waals surface area contributed by atoms with Gasteiger partial charge in [0.15, 0.2) is 0 Å². The molecule has 0 radical (unpaired) electrons. The molecule has 0 aliphatic heterocycles. The zero-order valence-electron chi connectivity index (χ0n) is 11.2. The van der Waals surface area contributed by atoms with Crippen molar-refractivity contribution in [3.05, 3.63) is 51.8 Å². The highest BCUT2D eigenvalue weighted by atomic mass is 79.9. The molecule has 1 heterocycles. The summed E-state index contributed by atoms with van der Waals surface area (Å²) < 4.78 is 3.03. The van der Waals surface area contributed by atoms with E-state index in [2.05, 4.69) is 51.6 Å². The average Bonchev–Trinajstić information content (AvgIpc) is 2.80. The fourth-order valence-corrected chi connectivity index (χ4v) is 2.75. The molecule has 1 unspecified atom stereocenters. The van der Waals surface area contributed by atoms with Gasteiger partial charge >= 0.3 is 0 Å². The van der Waals surface area contributed by atoms with Crippen molar-refractivity contribution >= 4 is 15.9 Å². The van der Waals surface area contributed by atoms with Crippen LogP contribution < -0.4 is 11.3 Å². The Morgan fingerprint density at radius 3 is 2.84 bits per heavy atom. The molecule has 3 N–H and O–H groups in total. The number of nitrogens with zero attached hydrogens (tertiary/aromatic N) is 2.